The van der Waals surface area contributed by atoms with Gasteiger partial charge in [0.2, 0.25) is 0 Å². The van der Waals surface area contributed by atoms with Crippen LogP contribution >= 0.6 is 0 Å². The van der Waals surface area contributed by atoms with Crippen molar-refractivity contribution in [2.45, 2.75) is 20.8 Å². The van der Waals surface area contributed by atoms with Crippen LogP contribution in [0, 0.1) is 32.1 Å². The topological polar surface area (TPSA) is 52.9 Å². The summed E-state index contributed by atoms with van der Waals surface area (Å²) in [6.07, 6.45) is 1.66. The third-order valence-corrected chi connectivity index (χ3v) is 3.42. The maximum absolute atomic E-state index is 12.2. The molecular formula is C19H18N2O. The highest BCUT2D eigenvalue weighted by atomic mass is 16.1. The molecule has 0 atom stereocenters. The molecule has 1 N–H and O–H groups in total. The Morgan fingerprint density at radius 1 is 1.09 bits per heavy atom. The molecule has 0 fully saturated rings. The fourth-order valence-electron chi connectivity index (χ4n) is 2.43. The quantitative estimate of drug-likeness (QED) is 0.681. The van der Waals surface area contributed by atoms with Crippen LogP contribution < -0.4 is 5.32 Å². The van der Waals surface area contributed by atoms with Crippen molar-refractivity contribution in [1.29, 1.82) is 5.26 Å². The fourth-order valence-corrected chi connectivity index (χ4v) is 2.43. The van der Waals surface area contributed by atoms with Gasteiger partial charge in [-0.25, -0.2) is 0 Å². The first-order chi connectivity index (χ1) is 10.5. The van der Waals surface area contributed by atoms with Crippen LogP contribution in [-0.2, 0) is 4.79 Å². The largest absolute Gasteiger partial charge is 0.321 e. The molecule has 0 aliphatic carbocycles. The van der Waals surface area contributed by atoms with E-state index in [1.165, 1.54) is 5.56 Å². The van der Waals surface area contributed by atoms with E-state index in [0.29, 0.717) is 5.69 Å². The molecule has 2 rings (SSSR count). The van der Waals surface area contributed by atoms with Crippen LogP contribution in [0.3, 0.4) is 0 Å². The van der Waals surface area contributed by atoms with Crippen LogP contribution in [0.1, 0.15) is 22.3 Å². The predicted octanol–water partition coefficient (Wildman–Crippen LogP) is 4.16. The average Bonchev–Trinajstić information content (AvgIpc) is 2.47. The maximum atomic E-state index is 12.2. The number of hydrogen-bond donors (Lipinski definition) is 1. The number of nitrogens with zero attached hydrogens (tertiary/aromatic N) is 1. The molecule has 2 aromatic rings. The summed E-state index contributed by atoms with van der Waals surface area (Å²) in [5, 5.41) is 12.0. The third-order valence-electron chi connectivity index (χ3n) is 3.42. The fraction of sp³-hybridized carbons (Fsp3) is 0.158. The molecular weight excluding hydrogens is 272 g/mol. The minimum Gasteiger partial charge on any atom is -0.321 e. The number of rotatable bonds is 3. The molecule has 0 aliphatic rings. The van der Waals surface area contributed by atoms with Gasteiger partial charge < -0.3 is 5.32 Å². The monoisotopic (exact) mass is 290 g/mol. The minimum absolute atomic E-state index is 0.0962. The van der Waals surface area contributed by atoms with E-state index in [0.717, 1.165) is 16.7 Å². The van der Waals surface area contributed by atoms with Gasteiger partial charge in [-0.1, -0.05) is 35.9 Å². The van der Waals surface area contributed by atoms with E-state index in [2.05, 4.69) is 5.32 Å². The first-order valence-corrected chi connectivity index (χ1v) is 7.07. The molecule has 0 saturated carbocycles. The Morgan fingerprint density at radius 2 is 1.68 bits per heavy atom. The highest BCUT2D eigenvalue weighted by molar-refractivity contribution is 6.09. The van der Waals surface area contributed by atoms with E-state index in [4.69, 9.17) is 0 Å². The van der Waals surface area contributed by atoms with E-state index in [1.807, 2.05) is 57.2 Å². The summed E-state index contributed by atoms with van der Waals surface area (Å²) < 4.78 is 0. The molecule has 22 heavy (non-hydrogen) atoms. The Bertz CT molecular complexity index is 745. The number of nitrogens with one attached hydrogen (secondary N) is 1. The molecule has 0 aromatic heterocycles. The Labute approximate surface area is 130 Å². The number of para-hydroxylation sites is 1. The smallest absolute Gasteiger partial charge is 0.266 e. The predicted molar refractivity (Wildman–Crippen MR) is 89.3 cm³/mol. The Morgan fingerprint density at radius 3 is 2.23 bits per heavy atom. The molecule has 1 amide bonds. The molecule has 0 unspecified atom stereocenters. The third kappa shape index (κ3) is 3.62. The van der Waals surface area contributed by atoms with E-state index in [-0.39, 0.29) is 5.57 Å². The van der Waals surface area contributed by atoms with Crippen LogP contribution in [0.15, 0.2) is 48.0 Å². The van der Waals surface area contributed by atoms with Gasteiger partial charge in [0, 0.05) is 5.69 Å². The number of aryl methyl sites for hydroxylation is 3. The molecule has 3 nitrogen and oxygen atoms in total. The summed E-state index contributed by atoms with van der Waals surface area (Å²) >= 11 is 0. The summed E-state index contributed by atoms with van der Waals surface area (Å²) in [5.41, 5.74) is 4.96. The highest BCUT2D eigenvalue weighted by Crippen LogP contribution is 2.20. The molecule has 0 bridgehead atoms. The number of nitriles is 1. The van der Waals surface area contributed by atoms with Crippen molar-refractivity contribution >= 4 is 17.7 Å². The van der Waals surface area contributed by atoms with Crippen molar-refractivity contribution < 1.29 is 4.79 Å². The van der Waals surface area contributed by atoms with Crippen LogP contribution in [0.5, 0.6) is 0 Å². The molecule has 0 spiro atoms. The SMILES string of the molecule is Cc1cc(C)c(/C=C(/C#N)C(=O)Nc2ccccc2)c(C)c1. The molecule has 0 saturated heterocycles. The molecule has 0 aliphatic heterocycles. The van der Waals surface area contributed by atoms with Gasteiger partial charge in [-0.05, 0) is 55.7 Å². The molecule has 110 valence electrons. The number of amides is 1. The van der Waals surface area contributed by atoms with Gasteiger partial charge >= 0.3 is 0 Å². The minimum atomic E-state index is -0.395. The number of carbonyl (C=O) groups is 1. The van der Waals surface area contributed by atoms with Gasteiger partial charge in [-0.15, -0.1) is 0 Å². The molecule has 0 heterocycles. The van der Waals surface area contributed by atoms with Crippen LogP contribution in [0.25, 0.3) is 6.08 Å². The Hall–Kier alpha value is -2.86. The molecule has 3 heteroatoms. The number of benzene rings is 2. The lowest BCUT2D eigenvalue weighted by Crippen LogP contribution is -2.13. The molecule has 0 radical (unpaired) electrons. The highest BCUT2D eigenvalue weighted by Gasteiger charge is 2.11. The van der Waals surface area contributed by atoms with Crippen LogP contribution in [0.4, 0.5) is 5.69 Å². The van der Waals surface area contributed by atoms with Crippen molar-refractivity contribution in [2.24, 2.45) is 0 Å². The zero-order valence-electron chi connectivity index (χ0n) is 13.0. The average molecular weight is 290 g/mol. The standard InChI is InChI=1S/C19H18N2O/c1-13-9-14(2)18(15(3)10-13)11-16(12-20)19(22)21-17-7-5-4-6-8-17/h4-11H,1-3H3,(H,21,22)/b16-11-. The van der Waals surface area contributed by atoms with E-state index < -0.39 is 5.91 Å². The van der Waals surface area contributed by atoms with E-state index in [1.54, 1.807) is 18.2 Å². The first kappa shape index (κ1) is 15.5. The van der Waals surface area contributed by atoms with Gasteiger partial charge in [0.15, 0.2) is 0 Å². The van der Waals surface area contributed by atoms with Gasteiger partial charge in [-0.3, -0.25) is 4.79 Å². The summed E-state index contributed by atoms with van der Waals surface area (Å²) in [4.78, 5) is 12.2. The summed E-state index contributed by atoms with van der Waals surface area (Å²) in [6.45, 7) is 5.99. The lowest BCUT2D eigenvalue weighted by Gasteiger charge is -2.09. The zero-order chi connectivity index (χ0) is 16.1. The maximum Gasteiger partial charge on any atom is 0.266 e. The number of carbonyl (C=O) groups excluding carboxylic acids is 1. The van der Waals surface area contributed by atoms with E-state index >= 15 is 0 Å². The van der Waals surface area contributed by atoms with E-state index in [9.17, 15) is 10.1 Å². The second-order valence-corrected chi connectivity index (χ2v) is 5.30. The van der Waals surface area contributed by atoms with Gasteiger partial charge in [0.1, 0.15) is 11.6 Å². The Kier molecular flexibility index (Phi) is 4.75. The van der Waals surface area contributed by atoms with Crippen molar-refractivity contribution in [3.05, 3.63) is 70.3 Å². The van der Waals surface area contributed by atoms with Gasteiger partial charge in [-0.2, -0.15) is 5.26 Å². The molecule has 2 aromatic carbocycles. The first-order valence-electron chi connectivity index (χ1n) is 7.07. The lowest BCUT2D eigenvalue weighted by molar-refractivity contribution is -0.112. The zero-order valence-corrected chi connectivity index (χ0v) is 13.0. The normalized spacial score (nSPS) is 10.9. The number of hydrogen-bond acceptors (Lipinski definition) is 2. The Balaban J connectivity index is 2.32. The summed E-state index contributed by atoms with van der Waals surface area (Å²) in [5.74, 6) is -0.395. The van der Waals surface area contributed by atoms with Crippen molar-refractivity contribution in [3.8, 4) is 6.07 Å². The van der Waals surface area contributed by atoms with Gasteiger partial charge in [0.05, 0.1) is 0 Å². The van der Waals surface area contributed by atoms with Crippen molar-refractivity contribution in [1.82, 2.24) is 0 Å². The number of anilines is 1. The second kappa shape index (κ2) is 6.73. The second-order valence-electron chi connectivity index (χ2n) is 5.30. The summed E-state index contributed by atoms with van der Waals surface area (Å²) in [7, 11) is 0. The summed E-state index contributed by atoms with van der Waals surface area (Å²) in [6, 6.07) is 15.2. The van der Waals surface area contributed by atoms with Crippen molar-refractivity contribution in [3.63, 3.8) is 0 Å². The van der Waals surface area contributed by atoms with Gasteiger partial charge in [0.25, 0.3) is 5.91 Å². The lowest BCUT2D eigenvalue weighted by atomic mass is 9.98. The van der Waals surface area contributed by atoms with Crippen molar-refractivity contribution in [2.75, 3.05) is 5.32 Å². The van der Waals surface area contributed by atoms with Crippen LogP contribution in [-0.4, -0.2) is 5.91 Å². The van der Waals surface area contributed by atoms with Crippen LogP contribution in [0.2, 0.25) is 0 Å².